The van der Waals surface area contributed by atoms with Crippen molar-refractivity contribution in [1.29, 1.82) is 0 Å². The Balaban J connectivity index is 2.27. The average Bonchev–Trinajstić information content (AvgIpc) is 2.87. The third kappa shape index (κ3) is 6.77. The molecule has 0 aliphatic carbocycles. The zero-order valence-corrected chi connectivity index (χ0v) is 33.9. The third-order valence-corrected chi connectivity index (χ3v) is 13.4. The fourth-order valence-corrected chi connectivity index (χ4v) is 10.6. The Labute approximate surface area is 288 Å². The van der Waals surface area contributed by atoms with Crippen LogP contribution in [0.1, 0.15) is 158 Å². The van der Waals surface area contributed by atoms with Crippen LogP contribution in [0, 0.1) is 0 Å². The van der Waals surface area contributed by atoms with Crippen molar-refractivity contribution in [3.63, 3.8) is 0 Å². The van der Waals surface area contributed by atoms with E-state index in [0.717, 1.165) is 21.7 Å². The zero-order chi connectivity index (χ0) is 36.0. The van der Waals surface area contributed by atoms with E-state index in [9.17, 15) is 4.89 Å². The average molecular weight is 661 g/mol. The van der Waals surface area contributed by atoms with Gasteiger partial charge in [0.2, 0.25) is 0 Å². The van der Waals surface area contributed by atoms with Crippen molar-refractivity contribution in [3.05, 3.63) is 81.9 Å². The van der Waals surface area contributed by atoms with Gasteiger partial charge in [-0.3, -0.25) is 0 Å². The van der Waals surface area contributed by atoms with E-state index in [1.165, 1.54) is 33.4 Å². The molecular formula is C43H65O3P. The van der Waals surface area contributed by atoms with E-state index < -0.39 is 7.28 Å². The Morgan fingerprint density at radius 3 is 1.28 bits per heavy atom. The van der Waals surface area contributed by atoms with E-state index in [1.54, 1.807) is 0 Å². The molecule has 0 unspecified atom stereocenters. The first-order valence-corrected chi connectivity index (χ1v) is 19.5. The van der Waals surface area contributed by atoms with Gasteiger partial charge in [0.15, 0.2) is 0 Å². The topological polar surface area (TPSA) is 38.7 Å². The normalized spacial score (nSPS) is 18.3. The molecule has 1 aliphatic rings. The summed E-state index contributed by atoms with van der Waals surface area (Å²) in [6.45, 7) is 40.8. The second-order valence-electron chi connectivity index (χ2n) is 20.2. The van der Waals surface area contributed by atoms with Crippen molar-refractivity contribution in [2.45, 2.75) is 157 Å². The fourth-order valence-electron chi connectivity index (χ4n) is 6.99. The summed E-state index contributed by atoms with van der Waals surface area (Å²) >= 11 is 0. The Bertz CT molecular complexity index is 1670. The molecule has 0 radical (unpaired) electrons. The van der Waals surface area contributed by atoms with Gasteiger partial charge in [-0.05, 0) is 0 Å². The minimum atomic E-state index is -4.56. The van der Waals surface area contributed by atoms with Crippen LogP contribution in [0.3, 0.4) is 0 Å². The van der Waals surface area contributed by atoms with Crippen LogP contribution in [0.25, 0.3) is 11.1 Å². The van der Waals surface area contributed by atoms with Gasteiger partial charge in [0.05, 0.1) is 0 Å². The van der Waals surface area contributed by atoms with E-state index >= 15 is 0 Å². The molecule has 1 heterocycles. The SMILES string of the molecule is CC(C)(C)c1ccc(-c2c(C(C)(C)C)ccc(P3(O)(c4ccc(C(C)(C)C)cc4C(C)(C)C)OCO3)c2C(C)(C)C)c(C(C)(C)C)c1. The first-order valence-electron chi connectivity index (χ1n) is 17.5. The Morgan fingerprint density at radius 1 is 0.468 bits per heavy atom. The Kier molecular flexibility index (Phi) is 9.04. The van der Waals surface area contributed by atoms with Gasteiger partial charge >= 0.3 is 289 Å². The molecule has 3 nitrogen and oxygen atoms in total. The van der Waals surface area contributed by atoms with Crippen LogP contribution in [-0.4, -0.2) is 11.7 Å². The number of hydrogen-bond donors (Lipinski definition) is 1. The molecule has 0 spiro atoms. The van der Waals surface area contributed by atoms with E-state index in [4.69, 9.17) is 9.05 Å². The van der Waals surface area contributed by atoms with Crippen LogP contribution in [0.15, 0.2) is 48.5 Å². The molecule has 3 aromatic rings. The van der Waals surface area contributed by atoms with Crippen molar-refractivity contribution >= 4 is 17.9 Å². The number of hydrogen-bond acceptors (Lipinski definition) is 3. The van der Waals surface area contributed by atoms with Crippen molar-refractivity contribution in [2.24, 2.45) is 0 Å². The van der Waals surface area contributed by atoms with E-state index in [1.807, 2.05) is 0 Å². The molecule has 0 amide bonds. The fraction of sp³-hybridized carbons (Fsp3) is 0.581. The van der Waals surface area contributed by atoms with Crippen LogP contribution in [-0.2, 0) is 41.5 Å². The molecule has 47 heavy (non-hydrogen) atoms. The van der Waals surface area contributed by atoms with E-state index in [-0.39, 0.29) is 39.3 Å². The van der Waals surface area contributed by atoms with Gasteiger partial charge in [-0.25, -0.2) is 0 Å². The molecule has 260 valence electrons. The van der Waals surface area contributed by atoms with Gasteiger partial charge in [-0.2, -0.15) is 0 Å². The minimum absolute atomic E-state index is 0.0159. The maximum atomic E-state index is 13.5. The predicted molar refractivity (Wildman–Crippen MR) is 206 cm³/mol. The monoisotopic (exact) mass is 660 g/mol. The van der Waals surface area contributed by atoms with Crippen molar-refractivity contribution in [1.82, 2.24) is 0 Å². The van der Waals surface area contributed by atoms with Crippen LogP contribution >= 0.6 is 7.28 Å². The van der Waals surface area contributed by atoms with Gasteiger partial charge in [-0.1, -0.05) is 0 Å². The molecule has 0 bridgehead atoms. The van der Waals surface area contributed by atoms with Crippen LogP contribution < -0.4 is 10.6 Å². The zero-order valence-electron chi connectivity index (χ0n) is 33.0. The van der Waals surface area contributed by atoms with Crippen molar-refractivity contribution in [3.8, 4) is 11.1 Å². The first-order chi connectivity index (χ1) is 20.9. The molecule has 1 saturated heterocycles. The van der Waals surface area contributed by atoms with E-state index in [0.29, 0.717) is 0 Å². The van der Waals surface area contributed by atoms with Crippen LogP contribution in [0.2, 0.25) is 0 Å². The second-order valence-corrected chi connectivity index (χ2v) is 23.5. The second kappa shape index (κ2) is 11.2. The van der Waals surface area contributed by atoms with Crippen molar-refractivity contribution in [2.75, 3.05) is 6.79 Å². The molecule has 0 aromatic heterocycles. The maximum absolute atomic E-state index is 13.5. The summed E-state index contributed by atoms with van der Waals surface area (Å²) in [7, 11) is -4.56. The summed E-state index contributed by atoms with van der Waals surface area (Å²) in [4.78, 5) is 13.5. The number of benzene rings is 3. The Morgan fingerprint density at radius 2 is 0.894 bits per heavy atom. The van der Waals surface area contributed by atoms with Gasteiger partial charge < -0.3 is 0 Å². The van der Waals surface area contributed by atoms with Gasteiger partial charge in [0, 0.05) is 0 Å². The van der Waals surface area contributed by atoms with Crippen LogP contribution in [0.4, 0.5) is 0 Å². The summed E-state index contributed by atoms with van der Waals surface area (Å²) in [5.41, 5.74) is 8.75. The molecule has 1 aliphatic heterocycles. The molecule has 4 heteroatoms. The van der Waals surface area contributed by atoms with Crippen LogP contribution in [0.5, 0.6) is 0 Å². The molecule has 0 atom stereocenters. The summed E-state index contributed by atoms with van der Waals surface area (Å²) in [6, 6.07) is 18.0. The molecular weight excluding hydrogens is 595 g/mol. The summed E-state index contributed by atoms with van der Waals surface area (Å²) in [6.07, 6.45) is 0. The summed E-state index contributed by atoms with van der Waals surface area (Å²) < 4.78 is 13.2. The summed E-state index contributed by atoms with van der Waals surface area (Å²) in [5, 5.41) is 1.56. The Hall–Kier alpha value is -2.03. The molecule has 4 rings (SSSR count). The standard InChI is InChI=1S/C43H65O3P/c1-38(2,3)28-19-21-30(32(25-28)41(10,11)12)36-31(40(7,8)9)22-24-35(37(36)43(16,17)18)47(44,45-27-46-47)34-23-20-29(39(4,5)6)26-33(34)42(13,14)15/h19-26,44H,27H2,1-18H3. The van der Waals surface area contributed by atoms with Gasteiger partial charge in [0.1, 0.15) is 0 Å². The first kappa shape index (κ1) is 37.8. The van der Waals surface area contributed by atoms with E-state index in [2.05, 4.69) is 173 Å². The third-order valence-electron chi connectivity index (χ3n) is 9.81. The molecule has 0 saturated carbocycles. The summed E-state index contributed by atoms with van der Waals surface area (Å²) in [5.74, 6) is 0. The predicted octanol–water partition coefficient (Wildman–Crippen LogP) is 11.4. The quantitative estimate of drug-likeness (QED) is 0.284. The molecule has 3 aromatic carbocycles. The molecule has 1 N–H and O–H groups in total. The number of rotatable bonds is 3. The van der Waals surface area contributed by atoms with Gasteiger partial charge in [-0.15, -0.1) is 0 Å². The van der Waals surface area contributed by atoms with Gasteiger partial charge in [0.25, 0.3) is 0 Å². The van der Waals surface area contributed by atoms with Crippen molar-refractivity contribution < 1.29 is 13.9 Å². The molecule has 1 fully saturated rings.